The average Bonchev–Trinajstić information content (AvgIpc) is 2.93. The quantitative estimate of drug-likeness (QED) is 0.722. The van der Waals surface area contributed by atoms with Gasteiger partial charge in [-0.2, -0.15) is 0 Å². The predicted molar refractivity (Wildman–Crippen MR) is 77.1 cm³/mol. The standard InChI is InChI=1S/C13H9ClFNS2/c14-12-4-3-9(18-12)13(16)11-5-7-1-2-8(15)6-10(7)17-11/h1-6,13H,16H2. The second-order valence-corrected chi connectivity index (χ2v) is 6.81. The lowest BCUT2D eigenvalue weighted by molar-refractivity contribution is 0.630. The Morgan fingerprint density at radius 1 is 1.06 bits per heavy atom. The molecule has 5 heteroatoms. The first-order valence-corrected chi connectivity index (χ1v) is 7.34. The summed E-state index contributed by atoms with van der Waals surface area (Å²) in [7, 11) is 0. The maximum Gasteiger partial charge on any atom is 0.124 e. The summed E-state index contributed by atoms with van der Waals surface area (Å²) in [6.07, 6.45) is 0. The van der Waals surface area contributed by atoms with E-state index in [1.165, 1.54) is 34.8 Å². The Kier molecular flexibility index (Phi) is 3.11. The summed E-state index contributed by atoms with van der Waals surface area (Å²) in [4.78, 5) is 2.04. The van der Waals surface area contributed by atoms with Crippen LogP contribution in [0.1, 0.15) is 15.8 Å². The van der Waals surface area contributed by atoms with E-state index >= 15 is 0 Å². The molecule has 0 fully saturated rings. The van der Waals surface area contributed by atoms with Crippen LogP contribution in [0.15, 0.2) is 36.4 Å². The van der Waals surface area contributed by atoms with Crippen molar-refractivity contribution < 1.29 is 4.39 Å². The van der Waals surface area contributed by atoms with Crippen LogP contribution < -0.4 is 5.73 Å². The van der Waals surface area contributed by atoms with Crippen molar-refractivity contribution in [3.63, 3.8) is 0 Å². The van der Waals surface area contributed by atoms with Crippen molar-refractivity contribution in [2.45, 2.75) is 6.04 Å². The molecule has 3 aromatic rings. The highest BCUT2D eigenvalue weighted by atomic mass is 35.5. The SMILES string of the molecule is NC(c1ccc(Cl)s1)c1cc2ccc(F)cc2s1. The highest BCUT2D eigenvalue weighted by molar-refractivity contribution is 7.19. The molecule has 3 rings (SSSR count). The Balaban J connectivity index is 2.03. The molecular formula is C13H9ClFNS2. The predicted octanol–water partition coefficient (Wildman–Crippen LogP) is 4.80. The van der Waals surface area contributed by atoms with E-state index < -0.39 is 0 Å². The fourth-order valence-electron chi connectivity index (χ4n) is 1.81. The number of halogens is 2. The summed E-state index contributed by atoms with van der Waals surface area (Å²) in [6.45, 7) is 0. The molecule has 0 aliphatic heterocycles. The normalized spacial score (nSPS) is 13.1. The van der Waals surface area contributed by atoms with Gasteiger partial charge in [0.2, 0.25) is 0 Å². The number of hydrogen-bond acceptors (Lipinski definition) is 3. The van der Waals surface area contributed by atoms with Crippen LogP contribution in [0.4, 0.5) is 4.39 Å². The van der Waals surface area contributed by atoms with E-state index in [1.54, 1.807) is 6.07 Å². The Bertz CT molecular complexity index is 704. The lowest BCUT2D eigenvalue weighted by Crippen LogP contribution is -2.07. The van der Waals surface area contributed by atoms with Crippen LogP contribution in [-0.4, -0.2) is 0 Å². The molecule has 1 aromatic carbocycles. The van der Waals surface area contributed by atoms with Crippen LogP contribution in [0.5, 0.6) is 0 Å². The second-order valence-electron chi connectivity index (χ2n) is 3.95. The lowest BCUT2D eigenvalue weighted by Gasteiger charge is -2.05. The van der Waals surface area contributed by atoms with Gasteiger partial charge in [-0.25, -0.2) is 4.39 Å². The third-order valence-corrected chi connectivity index (χ3v) is 5.20. The fourth-order valence-corrected chi connectivity index (χ4v) is 4.08. The maximum absolute atomic E-state index is 13.1. The van der Waals surface area contributed by atoms with E-state index in [-0.39, 0.29) is 11.9 Å². The first kappa shape index (κ1) is 12.1. The number of nitrogens with two attached hydrogens (primary N) is 1. The number of hydrogen-bond donors (Lipinski definition) is 1. The Labute approximate surface area is 117 Å². The van der Waals surface area contributed by atoms with Crippen molar-refractivity contribution in [2.75, 3.05) is 0 Å². The van der Waals surface area contributed by atoms with Gasteiger partial charge in [0.15, 0.2) is 0 Å². The van der Waals surface area contributed by atoms with E-state index in [1.807, 2.05) is 18.2 Å². The molecule has 0 aliphatic rings. The molecule has 18 heavy (non-hydrogen) atoms. The summed E-state index contributed by atoms with van der Waals surface area (Å²) in [5.41, 5.74) is 6.20. The molecule has 92 valence electrons. The van der Waals surface area contributed by atoms with E-state index in [0.29, 0.717) is 0 Å². The zero-order valence-corrected chi connectivity index (χ0v) is 11.6. The molecule has 1 nitrogen and oxygen atoms in total. The summed E-state index contributed by atoms with van der Waals surface area (Å²) in [5.74, 6) is -0.219. The number of benzene rings is 1. The zero-order chi connectivity index (χ0) is 12.7. The van der Waals surface area contributed by atoms with Crippen LogP contribution >= 0.6 is 34.3 Å². The second kappa shape index (κ2) is 4.63. The van der Waals surface area contributed by atoms with Gasteiger partial charge in [-0.1, -0.05) is 17.7 Å². The molecular weight excluding hydrogens is 289 g/mol. The zero-order valence-electron chi connectivity index (χ0n) is 9.19. The monoisotopic (exact) mass is 297 g/mol. The first-order chi connectivity index (χ1) is 8.63. The molecule has 2 aromatic heterocycles. The minimum atomic E-state index is -0.219. The molecule has 0 amide bonds. The number of fused-ring (bicyclic) bond motifs is 1. The van der Waals surface area contributed by atoms with Crippen molar-refractivity contribution >= 4 is 44.4 Å². The molecule has 2 N–H and O–H groups in total. The molecule has 0 aliphatic carbocycles. The minimum absolute atomic E-state index is 0.192. The van der Waals surface area contributed by atoms with Gasteiger partial charge in [0, 0.05) is 14.5 Å². The minimum Gasteiger partial charge on any atom is -0.319 e. The molecule has 0 bridgehead atoms. The molecule has 1 unspecified atom stereocenters. The van der Waals surface area contributed by atoms with Crippen LogP contribution in [0.3, 0.4) is 0 Å². The Morgan fingerprint density at radius 2 is 1.89 bits per heavy atom. The number of thiophene rings is 2. The Hall–Kier alpha value is -0.940. The van der Waals surface area contributed by atoms with Gasteiger partial charge < -0.3 is 5.73 Å². The van der Waals surface area contributed by atoms with Crippen molar-refractivity contribution in [1.29, 1.82) is 0 Å². The topological polar surface area (TPSA) is 26.0 Å². The molecule has 0 radical (unpaired) electrons. The van der Waals surface area contributed by atoms with Gasteiger partial charge in [-0.05, 0) is 35.7 Å². The van der Waals surface area contributed by atoms with Gasteiger partial charge in [0.1, 0.15) is 5.82 Å². The smallest absolute Gasteiger partial charge is 0.124 e. The van der Waals surface area contributed by atoms with Crippen molar-refractivity contribution in [2.24, 2.45) is 5.73 Å². The third-order valence-electron chi connectivity index (χ3n) is 2.71. The molecule has 0 spiro atoms. The van der Waals surface area contributed by atoms with E-state index in [9.17, 15) is 4.39 Å². The summed E-state index contributed by atoms with van der Waals surface area (Å²) in [6, 6.07) is 10.4. The van der Waals surface area contributed by atoms with Gasteiger partial charge >= 0.3 is 0 Å². The van der Waals surface area contributed by atoms with Crippen molar-refractivity contribution in [3.05, 3.63) is 56.3 Å². The average molecular weight is 298 g/mol. The van der Waals surface area contributed by atoms with Gasteiger partial charge in [0.05, 0.1) is 10.4 Å². The van der Waals surface area contributed by atoms with Gasteiger partial charge in [-0.15, -0.1) is 22.7 Å². The highest BCUT2D eigenvalue weighted by Crippen LogP contribution is 2.35. The molecule has 2 heterocycles. The first-order valence-electron chi connectivity index (χ1n) is 5.33. The lowest BCUT2D eigenvalue weighted by atomic mass is 10.2. The molecule has 0 saturated carbocycles. The van der Waals surface area contributed by atoms with E-state index in [4.69, 9.17) is 17.3 Å². The highest BCUT2D eigenvalue weighted by Gasteiger charge is 2.14. The van der Waals surface area contributed by atoms with Gasteiger partial charge in [-0.3, -0.25) is 0 Å². The van der Waals surface area contributed by atoms with Crippen LogP contribution in [0.2, 0.25) is 4.34 Å². The van der Waals surface area contributed by atoms with E-state index in [0.717, 1.165) is 24.2 Å². The summed E-state index contributed by atoms with van der Waals surface area (Å²) in [5, 5.41) is 1.02. The van der Waals surface area contributed by atoms with Crippen LogP contribution in [0.25, 0.3) is 10.1 Å². The maximum atomic E-state index is 13.1. The summed E-state index contributed by atoms with van der Waals surface area (Å²) < 4.78 is 14.8. The summed E-state index contributed by atoms with van der Waals surface area (Å²) >= 11 is 8.91. The van der Waals surface area contributed by atoms with E-state index in [2.05, 4.69) is 0 Å². The van der Waals surface area contributed by atoms with Crippen LogP contribution in [-0.2, 0) is 0 Å². The van der Waals surface area contributed by atoms with Gasteiger partial charge in [0.25, 0.3) is 0 Å². The number of rotatable bonds is 2. The molecule has 0 saturated heterocycles. The molecule has 1 atom stereocenters. The largest absolute Gasteiger partial charge is 0.319 e. The van der Waals surface area contributed by atoms with Crippen LogP contribution in [0, 0.1) is 5.82 Å². The third kappa shape index (κ3) is 2.17. The fraction of sp³-hybridized carbons (Fsp3) is 0.0769. The van der Waals surface area contributed by atoms with Crippen molar-refractivity contribution in [1.82, 2.24) is 0 Å². The Morgan fingerprint density at radius 3 is 2.61 bits per heavy atom. The van der Waals surface area contributed by atoms with Crippen molar-refractivity contribution in [3.8, 4) is 0 Å².